The highest BCUT2D eigenvalue weighted by Crippen LogP contribution is 2.37. The molecule has 0 atom stereocenters. The van der Waals surface area contributed by atoms with E-state index in [0.717, 1.165) is 54.3 Å². The summed E-state index contributed by atoms with van der Waals surface area (Å²) >= 11 is 3.05. The molecule has 1 aromatic heterocycles. The lowest BCUT2D eigenvalue weighted by atomic mass is 9.99. The summed E-state index contributed by atoms with van der Waals surface area (Å²) in [4.78, 5) is 29.4. The first-order valence-corrected chi connectivity index (χ1v) is 7.93. The Morgan fingerprint density at radius 2 is 2.21 bits per heavy atom. The Hall–Kier alpha value is -0.980. The number of carbonyl (C=O) groups excluding carboxylic acids is 2. The quantitative estimate of drug-likeness (QED) is 0.460. The van der Waals surface area contributed by atoms with Crippen LogP contribution in [0.25, 0.3) is 0 Å². The Kier molecular flexibility index (Phi) is 5.30. The Labute approximate surface area is 120 Å². The average molecular weight is 296 g/mol. The average Bonchev–Trinajstić information content (AvgIpc) is 2.88. The van der Waals surface area contributed by atoms with Crippen molar-refractivity contribution in [2.24, 2.45) is 10.9 Å². The topological polar surface area (TPSA) is 49.7 Å². The molecule has 0 saturated carbocycles. The minimum absolute atomic E-state index is 0.231. The lowest BCUT2D eigenvalue weighted by molar-refractivity contribution is -0.112. The zero-order valence-electron chi connectivity index (χ0n) is 10.6. The maximum Gasteiger partial charge on any atom is 0.160 e. The number of hydrogen-bond donors (Lipinski definition) is 0. The van der Waals surface area contributed by atoms with Crippen LogP contribution in [0.2, 0.25) is 0 Å². The maximum absolute atomic E-state index is 10.8. The molecule has 0 spiro atoms. The van der Waals surface area contributed by atoms with Crippen molar-refractivity contribution in [3.63, 3.8) is 0 Å². The van der Waals surface area contributed by atoms with E-state index in [1.165, 1.54) is 11.3 Å². The van der Waals surface area contributed by atoms with Crippen molar-refractivity contribution < 1.29 is 9.59 Å². The molecule has 1 aliphatic heterocycles. The third-order valence-corrected chi connectivity index (χ3v) is 5.42. The minimum atomic E-state index is 0.231. The van der Waals surface area contributed by atoms with Gasteiger partial charge in [0.1, 0.15) is 11.3 Å². The molecule has 1 saturated heterocycles. The number of aliphatic imine (C=N–C) groups is 1. The van der Waals surface area contributed by atoms with Crippen LogP contribution >= 0.6 is 23.1 Å². The smallest absolute Gasteiger partial charge is 0.160 e. The SMILES string of the molecule is C=Nc1sc(C=O)cc1SCN1CCC(C=O)CC1. The Morgan fingerprint density at radius 1 is 1.47 bits per heavy atom. The van der Waals surface area contributed by atoms with Gasteiger partial charge in [-0.3, -0.25) is 14.7 Å². The molecule has 2 heterocycles. The summed E-state index contributed by atoms with van der Waals surface area (Å²) in [5.74, 6) is 1.10. The second-order valence-electron chi connectivity index (χ2n) is 4.46. The summed E-state index contributed by atoms with van der Waals surface area (Å²) in [6.45, 7) is 5.45. The lowest BCUT2D eigenvalue weighted by Gasteiger charge is -2.28. The molecule has 1 fully saturated rings. The molecule has 19 heavy (non-hydrogen) atoms. The van der Waals surface area contributed by atoms with Gasteiger partial charge in [0.15, 0.2) is 6.29 Å². The van der Waals surface area contributed by atoms with Crippen LogP contribution in [0, 0.1) is 5.92 Å². The van der Waals surface area contributed by atoms with Gasteiger partial charge in [0.05, 0.1) is 4.88 Å². The van der Waals surface area contributed by atoms with Gasteiger partial charge in [0, 0.05) is 16.7 Å². The van der Waals surface area contributed by atoms with Gasteiger partial charge in [0.25, 0.3) is 0 Å². The van der Waals surface area contributed by atoms with E-state index in [4.69, 9.17) is 0 Å². The number of aldehydes is 2. The molecule has 0 aromatic carbocycles. The third kappa shape index (κ3) is 3.75. The molecule has 1 aromatic rings. The van der Waals surface area contributed by atoms with Gasteiger partial charge in [0.2, 0.25) is 0 Å². The highest BCUT2D eigenvalue weighted by atomic mass is 32.2. The van der Waals surface area contributed by atoms with Crippen molar-refractivity contribution >= 4 is 47.4 Å². The van der Waals surface area contributed by atoms with Crippen LogP contribution in [0.4, 0.5) is 5.00 Å². The number of nitrogens with zero attached hydrogens (tertiary/aromatic N) is 2. The van der Waals surface area contributed by atoms with Crippen LogP contribution in [0.1, 0.15) is 22.5 Å². The van der Waals surface area contributed by atoms with E-state index in [-0.39, 0.29) is 5.92 Å². The normalized spacial score (nSPS) is 17.3. The third-order valence-electron chi connectivity index (χ3n) is 3.19. The Bertz CT molecular complexity index is 465. The van der Waals surface area contributed by atoms with Crippen molar-refractivity contribution in [3.8, 4) is 0 Å². The van der Waals surface area contributed by atoms with Crippen molar-refractivity contribution in [1.29, 1.82) is 0 Å². The molecule has 0 amide bonds. The Morgan fingerprint density at radius 3 is 2.79 bits per heavy atom. The number of likely N-dealkylation sites (tertiary alicyclic amines) is 1. The zero-order chi connectivity index (χ0) is 13.7. The highest BCUT2D eigenvalue weighted by Gasteiger charge is 2.19. The van der Waals surface area contributed by atoms with Crippen molar-refractivity contribution in [2.75, 3.05) is 19.0 Å². The van der Waals surface area contributed by atoms with E-state index < -0.39 is 0 Å². The van der Waals surface area contributed by atoms with Gasteiger partial charge in [-0.05, 0) is 38.7 Å². The van der Waals surface area contributed by atoms with Crippen LogP contribution < -0.4 is 0 Å². The van der Waals surface area contributed by atoms with E-state index in [9.17, 15) is 9.59 Å². The molecule has 0 unspecified atom stereocenters. The largest absolute Gasteiger partial charge is 0.303 e. The summed E-state index contributed by atoms with van der Waals surface area (Å²) in [5.41, 5.74) is 0. The fraction of sp³-hybridized carbons (Fsp3) is 0.462. The van der Waals surface area contributed by atoms with E-state index in [1.807, 2.05) is 6.07 Å². The van der Waals surface area contributed by atoms with E-state index in [0.29, 0.717) is 4.88 Å². The predicted octanol–water partition coefficient (Wildman–Crippen LogP) is 2.85. The van der Waals surface area contributed by atoms with Crippen LogP contribution in [-0.2, 0) is 4.79 Å². The van der Waals surface area contributed by atoms with Gasteiger partial charge in [-0.1, -0.05) is 0 Å². The highest BCUT2D eigenvalue weighted by molar-refractivity contribution is 7.99. The summed E-state index contributed by atoms with van der Waals surface area (Å²) < 4.78 is 0. The summed E-state index contributed by atoms with van der Waals surface area (Å²) in [6.07, 6.45) is 3.80. The summed E-state index contributed by atoms with van der Waals surface area (Å²) in [7, 11) is 0. The zero-order valence-corrected chi connectivity index (χ0v) is 12.2. The molecule has 0 radical (unpaired) electrons. The molecule has 2 rings (SSSR count). The maximum atomic E-state index is 10.8. The van der Waals surface area contributed by atoms with Crippen LogP contribution in [-0.4, -0.2) is 43.2 Å². The van der Waals surface area contributed by atoms with Gasteiger partial charge >= 0.3 is 0 Å². The standard InChI is InChI=1S/C13H16N2O2S2/c1-14-13-12(6-11(8-17)19-13)18-9-15-4-2-10(7-16)3-5-15/h6-8,10H,1-5,9H2. The van der Waals surface area contributed by atoms with E-state index in [1.54, 1.807) is 11.8 Å². The summed E-state index contributed by atoms with van der Waals surface area (Å²) in [6, 6.07) is 1.87. The summed E-state index contributed by atoms with van der Waals surface area (Å²) in [5, 5.41) is 0.815. The second kappa shape index (κ2) is 6.98. The fourth-order valence-electron chi connectivity index (χ4n) is 2.03. The van der Waals surface area contributed by atoms with Gasteiger partial charge in [-0.2, -0.15) is 0 Å². The molecule has 1 aliphatic rings. The van der Waals surface area contributed by atoms with Crippen LogP contribution in [0.3, 0.4) is 0 Å². The van der Waals surface area contributed by atoms with Crippen molar-refractivity contribution in [3.05, 3.63) is 10.9 Å². The lowest BCUT2D eigenvalue weighted by Crippen LogP contribution is -2.33. The molecular formula is C13H16N2O2S2. The molecule has 6 heteroatoms. The molecule has 102 valence electrons. The number of thiophene rings is 1. The van der Waals surface area contributed by atoms with Gasteiger partial charge in [-0.25, -0.2) is 0 Å². The van der Waals surface area contributed by atoms with E-state index >= 15 is 0 Å². The van der Waals surface area contributed by atoms with E-state index in [2.05, 4.69) is 16.6 Å². The number of piperidine rings is 1. The first-order valence-electron chi connectivity index (χ1n) is 6.13. The Balaban J connectivity index is 1.88. The first-order chi connectivity index (χ1) is 9.26. The predicted molar refractivity (Wildman–Crippen MR) is 80.0 cm³/mol. The molecule has 0 aliphatic carbocycles. The number of thioether (sulfide) groups is 1. The molecule has 4 nitrogen and oxygen atoms in total. The van der Waals surface area contributed by atoms with Gasteiger partial charge in [-0.15, -0.1) is 23.1 Å². The van der Waals surface area contributed by atoms with Crippen LogP contribution in [0.5, 0.6) is 0 Å². The second-order valence-corrected chi connectivity index (χ2v) is 6.51. The minimum Gasteiger partial charge on any atom is -0.303 e. The van der Waals surface area contributed by atoms with Crippen molar-refractivity contribution in [2.45, 2.75) is 17.7 Å². The molecular weight excluding hydrogens is 280 g/mol. The number of hydrogen-bond acceptors (Lipinski definition) is 6. The van der Waals surface area contributed by atoms with Crippen molar-refractivity contribution in [1.82, 2.24) is 4.90 Å². The molecule has 0 N–H and O–H groups in total. The first kappa shape index (κ1) is 14.4. The number of rotatable bonds is 6. The van der Waals surface area contributed by atoms with Crippen LogP contribution in [0.15, 0.2) is 16.0 Å². The monoisotopic (exact) mass is 296 g/mol. The fourth-order valence-corrected chi connectivity index (χ4v) is 4.06. The molecule has 0 bridgehead atoms. The number of carbonyl (C=O) groups is 2. The van der Waals surface area contributed by atoms with Gasteiger partial charge < -0.3 is 4.79 Å².